The molecule has 0 saturated heterocycles. The lowest BCUT2D eigenvalue weighted by Crippen LogP contribution is -2.02. The van der Waals surface area contributed by atoms with Gasteiger partial charge in [-0.2, -0.15) is 0 Å². The van der Waals surface area contributed by atoms with Crippen molar-refractivity contribution in [3.63, 3.8) is 0 Å². The van der Waals surface area contributed by atoms with Gasteiger partial charge in [-0.05, 0) is 0 Å². The molecule has 36 valence electrons. The fraction of sp³-hybridized carbons (Fsp3) is 0.200. The van der Waals surface area contributed by atoms with Gasteiger partial charge in [0.05, 0.1) is 0 Å². The lowest BCUT2D eigenvalue weighted by atomic mass is 9.55. The third kappa shape index (κ3) is 2.32. The third-order valence-corrected chi connectivity index (χ3v) is 1.05. The smallest absolute Gasteiger partial charge is 0.104 e. The van der Waals surface area contributed by atoms with Crippen LogP contribution in [0, 0.1) is 0 Å². The van der Waals surface area contributed by atoms with Gasteiger partial charge in [0.25, 0.3) is 0 Å². The average molecular weight is 91.8 g/mol. The highest BCUT2D eigenvalue weighted by Gasteiger charge is 2.04. The molecule has 0 aromatic rings. The summed E-state index contributed by atoms with van der Waals surface area (Å²) in [6, 6.07) is 0. The zero-order valence-electron chi connectivity index (χ0n) is 5.07. The molecule has 0 unspecified atom stereocenters. The molecular weight excluding hydrogens is 81.7 g/mol. The standard InChI is InChI=1S/C5H10B2/c1-3-5(6,7)4-2/h3-4H,1-2,6-7H2. The highest BCUT2D eigenvalue weighted by Crippen LogP contribution is 2.15. The maximum atomic E-state index is 3.63. The summed E-state index contributed by atoms with van der Waals surface area (Å²) in [5.41, 5.74) is 0. The maximum Gasteiger partial charge on any atom is 0.108 e. The second-order valence-corrected chi connectivity index (χ2v) is 2.23. The molecule has 0 nitrogen and oxygen atoms in total. The number of hydrogen-bond acceptors (Lipinski definition) is 0. The molecule has 0 N–H and O–H groups in total. The Hall–Kier alpha value is -0.390. The van der Waals surface area contributed by atoms with Crippen LogP contribution < -0.4 is 0 Å². The van der Waals surface area contributed by atoms with Crippen molar-refractivity contribution in [1.82, 2.24) is 0 Å². The Morgan fingerprint density at radius 2 is 1.43 bits per heavy atom. The summed E-state index contributed by atoms with van der Waals surface area (Å²) >= 11 is 0. The van der Waals surface area contributed by atoms with Gasteiger partial charge in [0.1, 0.15) is 15.7 Å². The van der Waals surface area contributed by atoms with Crippen molar-refractivity contribution in [3.8, 4) is 0 Å². The van der Waals surface area contributed by atoms with Crippen molar-refractivity contribution in [2.24, 2.45) is 0 Å². The molecule has 0 saturated carbocycles. The van der Waals surface area contributed by atoms with Gasteiger partial charge in [0.15, 0.2) is 0 Å². The van der Waals surface area contributed by atoms with Crippen LogP contribution in [0.15, 0.2) is 25.3 Å². The van der Waals surface area contributed by atoms with E-state index in [0.29, 0.717) is 0 Å². The Morgan fingerprint density at radius 3 is 1.43 bits per heavy atom. The largest absolute Gasteiger partial charge is 0.108 e. The Morgan fingerprint density at radius 1 is 1.14 bits per heavy atom. The zero-order chi connectivity index (χ0) is 5.91. The van der Waals surface area contributed by atoms with E-state index in [-0.39, 0.29) is 5.21 Å². The SMILES string of the molecule is BC(B)(C=C)C=C. The first-order valence-electron chi connectivity index (χ1n) is 2.39. The monoisotopic (exact) mass is 92.1 g/mol. The molecule has 0 spiro atoms. The quantitative estimate of drug-likeness (QED) is 0.325. The van der Waals surface area contributed by atoms with Crippen LogP contribution in [0.3, 0.4) is 0 Å². The maximum absolute atomic E-state index is 3.63. The summed E-state index contributed by atoms with van der Waals surface area (Å²) in [6.45, 7) is 7.26. The summed E-state index contributed by atoms with van der Waals surface area (Å²) in [5, 5.41) is 0.111. The summed E-state index contributed by atoms with van der Waals surface area (Å²) in [4.78, 5) is 0. The molecule has 0 amide bonds. The van der Waals surface area contributed by atoms with E-state index in [1.54, 1.807) is 0 Å². The molecule has 0 heterocycles. The fourth-order valence-corrected chi connectivity index (χ4v) is 0.0833. The van der Waals surface area contributed by atoms with Crippen molar-refractivity contribution in [2.75, 3.05) is 0 Å². The molecular formula is C5H10B2. The highest BCUT2D eigenvalue weighted by molar-refractivity contribution is 6.42. The number of rotatable bonds is 2. The van der Waals surface area contributed by atoms with Crippen LogP contribution in [0.4, 0.5) is 0 Å². The molecule has 0 radical (unpaired) electrons. The molecule has 0 atom stereocenters. The molecule has 0 rings (SSSR count). The van der Waals surface area contributed by atoms with Crippen LogP contribution in [0.5, 0.6) is 0 Å². The Bertz CT molecular complexity index is 74.1. The Kier molecular flexibility index (Phi) is 1.94. The van der Waals surface area contributed by atoms with Gasteiger partial charge < -0.3 is 0 Å². The topological polar surface area (TPSA) is 0 Å². The molecule has 0 aliphatic rings. The van der Waals surface area contributed by atoms with Crippen LogP contribution in [-0.2, 0) is 0 Å². The van der Waals surface area contributed by atoms with E-state index in [2.05, 4.69) is 28.9 Å². The predicted molar refractivity (Wildman–Crippen MR) is 40.2 cm³/mol. The van der Waals surface area contributed by atoms with Gasteiger partial charge in [0.2, 0.25) is 0 Å². The predicted octanol–water partition coefficient (Wildman–Crippen LogP) is -0.259. The average Bonchev–Trinajstić information content (AvgIpc) is 1.68. The van der Waals surface area contributed by atoms with Crippen LogP contribution in [-0.4, -0.2) is 15.7 Å². The molecule has 0 fully saturated rings. The Labute approximate surface area is 47.1 Å². The van der Waals surface area contributed by atoms with Crippen molar-refractivity contribution in [3.05, 3.63) is 25.3 Å². The van der Waals surface area contributed by atoms with Gasteiger partial charge in [0, 0.05) is 0 Å². The molecule has 0 bridgehead atoms. The van der Waals surface area contributed by atoms with Crippen LogP contribution in [0.1, 0.15) is 0 Å². The summed E-state index contributed by atoms with van der Waals surface area (Å²) in [6.07, 6.45) is 3.75. The van der Waals surface area contributed by atoms with E-state index in [9.17, 15) is 0 Å². The van der Waals surface area contributed by atoms with E-state index in [4.69, 9.17) is 0 Å². The summed E-state index contributed by atoms with van der Waals surface area (Å²) in [7, 11) is 4.12. The van der Waals surface area contributed by atoms with Gasteiger partial charge in [-0.25, -0.2) is 0 Å². The van der Waals surface area contributed by atoms with E-state index in [1.807, 2.05) is 12.2 Å². The molecule has 0 aliphatic carbocycles. The van der Waals surface area contributed by atoms with Gasteiger partial charge in [-0.3, -0.25) is 0 Å². The minimum absolute atomic E-state index is 0.111. The van der Waals surface area contributed by atoms with Gasteiger partial charge in [-0.1, -0.05) is 17.4 Å². The van der Waals surface area contributed by atoms with Crippen LogP contribution in [0.2, 0.25) is 5.21 Å². The molecule has 7 heavy (non-hydrogen) atoms. The lowest BCUT2D eigenvalue weighted by molar-refractivity contribution is 1.26. The van der Waals surface area contributed by atoms with Gasteiger partial charge >= 0.3 is 0 Å². The number of allylic oxidation sites excluding steroid dienone is 2. The second kappa shape index (κ2) is 2.06. The third-order valence-electron chi connectivity index (χ3n) is 1.05. The number of hydrogen-bond donors (Lipinski definition) is 0. The molecule has 2 heteroatoms. The van der Waals surface area contributed by atoms with E-state index in [1.165, 1.54) is 0 Å². The molecule has 0 aromatic heterocycles. The normalized spacial score (nSPS) is 10.3. The van der Waals surface area contributed by atoms with E-state index in [0.717, 1.165) is 0 Å². The molecule has 0 aliphatic heterocycles. The minimum atomic E-state index is 0.111. The second-order valence-electron chi connectivity index (χ2n) is 2.23. The molecule has 0 aromatic carbocycles. The first-order chi connectivity index (χ1) is 3.12. The first kappa shape index (κ1) is 6.61. The fourth-order valence-electron chi connectivity index (χ4n) is 0.0833. The van der Waals surface area contributed by atoms with Crippen LogP contribution >= 0.6 is 0 Å². The van der Waals surface area contributed by atoms with Crippen molar-refractivity contribution >= 4 is 15.7 Å². The van der Waals surface area contributed by atoms with Gasteiger partial charge in [-0.15, -0.1) is 13.2 Å². The minimum Gasteiger partial charge on any atom is -0.104 e. The van der Waals surface area contributed by atoms with Crippen molar-refractivity contribution in [1.29, 1.82) is 0 Å². The first-order valence-corrected chi connectivity index (χ1v) is 2.39. The van der Waals surface area contributed by atoms with E-state index < -0.39 is 0 Å². The summed E-state index contributed by atoms with van der Waals surface area (Å²) in [5.74, 6) is 0. The highest BCUT2D eigenvalue weighted by atomic mass is 13.9. The lowest BCUT2D eigenvalue weighted by Gasteiger charge is -2.10. The summed E-state index contributed by atoms with van der Waals surface area (Å²) < 4.78 is 0. The Balaban J connectivity index is 3.82. The van der Waals surface area contributed by atoms with E-state index >= 15 is 0 Å². The van der Waals surface area contributed by atoms with Crippen molar-refractivity contribution in [2.45, 2.75) is 5.21 Å². The van der Waals surface area contributed by atoms with Crippen molar-refractivity contribution < 1.29 is 0 Å². The van der Waals surface area contributed by atoms with Crippen LogP contribution in [0.25, 0.3) is 0 Å². The zero-order valence-corrected chi connectivity index (χ0v) is 5.07.